The van der Waals surface area contributed by atoms with Crippen molar-refractivity contribution in [2.24, 2.45) is 0 Å². The number of aryl methyl sites for hydroxylation is 1. The van der Waals surface area contributed by atoms with Crippen molar-refractivity contribution < 1.29 is 14.7 Å². The molecule has 0 spiro atoms. The summed E-state index contributed by atoms with van der Waals surface area (Å²) >= 11 is 1.61. The number of carbonyl (C=O) groups excluding carboxylic acids is 1. The highest BCUT2D eigenvalue weighted by Crippen LogP contribution is 2.17. The number of hydrogen-bond donors (Lipinski definition) is 3. The van der Waals surface area contributed by atoms with E-state index in [1.807, 2.05) is 11.4 Å². The molecular weight excluding hydrogens is 290 g/mol. The molecule has 0 aliphatic carbocycles. The summed E-state index contributed by atoms with van der Waals surface area (Å²) < 4.78 is 0. The lowest BCUT2D eigenvalue weighted by molar-refractivity contribution is 0.0690. The van der Waals surface area contributed by atoms with Gasteiger partial charge in [0.15, 0.2) is 0 Å². The molecule has 0 saturated heterocycles. The van der Waals surface area contributed by atoms with Gasteiger partial charge in [0.25, 0.3) is 0 Å². The highest BCUT2D eigenvalue weighted by atomic mass is 32.1. The Morgan fingerprint density at radius 2 is 2.14 bits per heavy atom. The minimum atomic E-state index is -1.10. The number of carbonyl (C=O) groups is 2. The largest absolute Gasteiger partial charge is 0.477 e. The van der Waals surface area contributed by atoms with E-state index < -0.39 is 5.97 Å². The minimum absolute atomic E-state index is 0.0628. The first kappa shape index (κ1) is 15.0. The molecule has 6 nitrogen and oxygen atoms in total. The Hall–Kier alpha value is -2.41. The molecule has 2 amide bonds. The van der Waals surface area contributed by atoms with Crippen molar-refractivity contribution in [2.45, 2.75) is 19.9 Å². The third kappa shape index (κ3) is 4.03. The van der Waals surface area contributed by atoms with Crippen LogP contribution in [0.25, 0.3) is 0 Å². The van der Waals surface area contributed by atoms with E-state index in [1.165, 1.54) is 23.9 Å². The van der Waals surface area contributed by atoms with E-state index in [4.69, 9.17) is 5.11 Å². The van der Waals surface area contributed by atoms with Crippen LogP contribution in [-0.2, 0) is 13.0 Å². The van der Waals surface area contributed by atoms with Gasteiger partial charge in [-0.2, -0.15) is 0 Å². The molecule has 0 fully saturated rings. The number of thiophene rings is 1. The van der Waals surface area contributed by atoms with Crippen LogP contribution in [0.15, 0.2) is 29.8 Å². The molecule has 2 aromatic heterocycles. The summed E-state index contributed by atoms with van der Waals surface area (Å²) in [6, 6.07) is 4.54. The van der Waals surface area contributed by atoms with Crippen molar-refractivity contribution in [3.63, 3.8) is 0 Å². The van der Waals surface area contributed by atoms with E-state index in [9.17, 15) is 9.59 Å². The van der Waals surface area contributed by atoms with Crippen molar-refractivity contribution >= 4 is 29.0 Å². The van der Waals surface area contributed by atoms with Crippen LogP contribution in [0.1, 0.15) is 27.9 Å². The molecular formula is C14H15N3O3S. The normalized spacial score (nSPS) is 10.1. The highest BCUT2D eigenvalue weighted by Gasteiger charge is 2.07. The van der Waals surface area contributed by atoms with Crippen LogP contribution in [0.5, 0.6) is 0 Å². The van der Waals surface area contributed by atoms with Gasteiger partial charge in [0.1, 0.15) is 5.69 Å². The van der Waals surface area contributed by atoms with Gasteiger partial charge < -0.3 is 15.7 Å². The number of nitrogens with zero attached hydrogens (tertiary/aromatic N) is 1. The van der Waals surface area contributed by atoms with Gasteiger partial charge in [0.2, 0.25) is 0 Å². The topological polar surface area (TPSA) is 91.3 Å². The average molecular weight is 305 g/mol. The highest BCUT2D eigenvalue weighted by molar-refractivity contribution is 7.10. The van der Waals surface area contributed by atoms with Crippen molar-refractivity contribution in [2.75, 3.05) is 5.32 Å². The van der Waals surface area contributed by atoms with Crippen LogP contribution < -0.4 is 10.6 Å². The lowest BCUT2D eigenvalue weighted by atomic mass is 10.2. The number of pyridine rings is 1. The van der Waals surface area contributed by atoms with Crippen molar-refractivity contribution in [3.05, 3.63) is 45.9 Å². The van der Waals surface area contributed by atoms with Gasteiger partial charge in [-0.05, 0) is 35.6 Å². The standard InChI is InChI=1S/C14H15N3O3S/c1-2-9-5-6-21-12(9)8-16-14(20)17-10-3-4-11(13(18)19)15-7-10/h3-7H,2,8H2,1H3,(H,18,19)(H2,16,17,20). The molecule has 0 aliphatic heterocycles. The quantitative estimate of drug-likeness (QED) is 0.792. The van der Waals surface area contributed by atoms with Crippen molar-refractivity contribution in [1.29, 1.82) is 0 Å². The van der Waals surface area contributed by atoms with Crippen LogP contribution in [0, 0.1) is 0 Å². The van der Waals surface area contributed by atoms with E-state index in [0.717, 1.165) is 11.3 Å². The molecule has 0 radical (unpaired) electrons. The molecule has 0 aliphatic rings. The minimum Gasteiger partial charge on any atom is -0.477 e. The smallest absolute Gasteiger partial charge is 0.354 e. The predicted molar refractivity (Wildman–Crippen MR) is 80.8 cm³/mol. The molecule has 0 bridgehead atoms. The molecule has 110 valence electrons. The Balaban J connectivity index is 1.88. The Labute approximate surface area is 125 Å². The summed E-state index contributed by atoms with van der Waals surface area (Å²) in [5, 5.41) is 16.1. The summed E-state index contributed by atoms with van der Waals surface area (Å²) in [6.07, 6.45) is 2.24. The average Bonchev–Trinajstić information content (AvgIpc) is 2.93. The molecule has 21 heavy (non-hydrogen) atoms. The van der Waals surface area contributed by atoms with Gasteiger partial charge in [-0.1, -0.05) is 6.92 Å². The van der Waals surface area contributed by atoms with Gasteiger partial charge in [0.05, 0.1) is 18.4 Å². The molecule has 7 heteroatoms. The molecule has 0 unspecified atom stereocenters. The maximum atomic E-state index is 11.8. The van der Waals surface area contributed by atoms with Crippen molar-refractivity contribution in [1.82, 2.24) is 10.3 Å². The third-order valence-electron chi connectivity index (χ3n) is 2.87. The number of nitrogens with one attached hydrogen (secondary N) is 2. The fourth-order valence-electron chi connectivity index (χ4n) is 1.77. The fraction of sp³-hybridized carbons (Fsp3) is 0.214. The van der Waals surface area contributed by atoms with Gasteiger partial charge in [-0.25, -0.2) is 14.6 Å². The third-order valence-corrected chi connectivity index (χ3v) is 3.83. The van der Waals surface area contributed by atoms with Crippen LogP contribution in [-0.4, -0.2) is 22.1 Å². The second kappa shape index (κ2) is 6.85. The van der Waals surface area contributed by atoms with Gasteiger partial charge in [-0.3, -0.25) is 0 Å². The summed E-state index contributed by atoms with van der Waals surface area (Å²) in [6.45, 7) is 2.54. The Kier molecular flexibility index (Phi) is 4.89. The summed E-state index contributed by atoms with van der Waals surface area (Å²) in [7, 11) is 0. The Bertz CT molecular complexity index is 637. The number of urea groups is 1. The monoisotopic (exact) mass is 305 g/mol. The Morgan fingerprint density at radius 3 is 2.76 bits per heavy atom. The van der Waals surface area contributed by atoms with Crippen LogP contribution in [0.2, 0.25) is 0 Å². The first-order valence-corrected chi connectivity index (χ1v) is 7.27. The molecule has 0 atom stereocenters. The lowest BCUT2D eigenvalue weighted by Gasteiger charge is -2.07. The molecule has 0 saturated carbocycles. The zero-order valence-corrected chi connectivity index (χ0v) is 12.2. The van der Waals surface area contributed by atoms with Gasteiger partial charge >= 0.3 is 12.0 Å². The predicted octanol–water partition coefficient (Wildman–Crippen LogP) is 2.73. The van der Waals surface area contributed by atoms with Crippen molar-refractivity contribution in [3.8, 4) is 0 Å². The molecule has 2 aromatic rings. The fourth-order valence-corrected chi connectivity index (χ4v) is 2.68. The Morgan fingerprint density at radius 1 is 1.33 bits per heavy atom. The second-order valence-electron chi connectivity index (χ2n) is 4.27. The number of anilines is 1. The zero-order chi connectivity index (χ0) is 15.2. The number of aromatic carboxylic acids is 1. The van der Waals surface area contributed by atoms with Gasteiger partial charge in [-0.15, -0.1) is 11.3 Å². The number of rotatable bonds is 5. The molecule has 2 heterocycles. The SMILES string of the molecule is CCc1ccsc1CNC(=O)Nc1ccc(C(=O)O)nc1. The van der Waals surface area contributed by atoms with Gasteiger partial charge in [0, 0.05) is 4.88 Å². The van der Waals surface area contributed by atoms with E-state index >= 15 is 0 Å². The van der Waals surface area contributed by atoms with Crippen LogP contribution >= 0.6 is 11.3 Å². The zero-order valence-electron chi connectivity index (χ0n) is 11.4. The number of carboxylic acids is 1. The molecule has 3 N–H and O–H groups in total. The first-order valence-electron chi connectivity index (χ1n) is 6.39. The maximum Gasteiger partial charge on any atom is 0.354 e. The summed E-state index contributed by atoms with van der Waals surface area (Å²) in [4.78, 5) is 27.3. The molecule has 0 aromatic carbocycles. The number of aromatic nitrogens is 1. The maximum absolute atomic E-state index is 11.8. The van der Waals surface area contributed by atoms with E-state index in [2.05, 4.69) is 22.5 Å². The number of hydrogen-bond acceptors (Lipinski definition) is 4. The summed E-state index contributed by atoms with van der Waals surface area (Å²) in [5.74, 6) is -1.10. The molecule has 2 rings (SSSR count). The van der Waals surface area contributed by atoms with Crippen LogP contribution in [0.4, 0.5) is 10.5 Å². The van der Waals surface area contributed by atoms with Crippen LogP contribution in [0.3, 0.4) is 0 Å². The summed E-state index contributed by atoms with van der Waals surface area (Å²) in [5.41, 5.74) is 1.61. The second-order valence-corrected chi connectivity index (χ2v) is 5.27. The number of amides is 2. The number of carboxylic acid groups (broad SMARTS) is 1. The lowest BCUT2D eigenvalue weighted by Crippen LogP contribution is -2.28. The first-order chi connectivity index (χ1) is 10.1. The van der Waals surface area contributed by atoms with E-state index in [1.54, 1.807) is 11.3 Å². The van der Waals surface area contributed by atoms with E-state index in [0.29, 0.717) is 12.2 Å². The van der Waals surface area contributed by atoms with E-state index in [-0.39, 0.29) is 11.7 Å².